The molecule has 94 valence electrons. The Morgan fingerprint density at radius 1 is 1.06 bits per heavy atom. The Labute approximate surface area is 111 Å². The summed E-state index contributed by atoms with van der Waals surface area (Å²) < 4.78 is 13.3. The normalized spacial score (nSPS) is 12.4. The fourth-order valence-electron chi connectivity index (χ4n) is 1.93. The van der Waals surface area contributed by atoms with Gasteiger partial charge in [0.15, 0.2) is 0 Å². The maximum atomic E-state index is 13.3. The van der Waals surface area contributed by atoms with Crippen LogP contribution in [0.2, 0.25) is 5.02 Å². The summed E-state index contributed by atoms with van der Waals surface area (Å²) >= 11 is 5.91. The van der Waals surface area contributed by atoms with Gasteiger partial charge in [0.1, 0.15) is 5.82 Å². The molecular weight excluding hydrogens is 249 g/mol. The topological polar surface area (TPSA) is 26.0 Å². The lowest BCUT2D eigenvalue weighted by molar-refractivity contribution is 0.610. The van der Waals surface area contributed by atoms with Crippen LogP contribution in [0, 0.1) is 5.82 Å². The molecule has 0 aliphatic heterocycles. The molecule has 0 amide bonds. The summed E-state index contributed by atoms with van der Waals surface area (Å²) in [7, 11) is 0. The Hall–Kier alpha value is -1.38. The van der Waals surface area contributed by atoms with E-state index in [2.05, 4.69) is 12.1 Å². The van der Waals surface area contributed by atoms with Crippen LogP contribution in [0.5, 0.6) is 0 Å². The van der Waals surface area contributed by atoms with Crippen molar-refractivity contribution in [3.8, 4) is 0 Å². The molecule has 0 unspecified atom stereocenters. The Balaban J connectivity index is 2.04. The molecule has 18 heavy (non-hydrogen) atoms. The van der Waals surface area contributed by atoms with Crippen LogP contribution in [0.4, 0.5) is 4.39 Å². The quantitative estimate of drug-likeness (QED) is 0.883. The molecule has 0 aromatic heterocycles. The molecule has 0 fully saturated rings. The van der Waals surface area contributed by atoms with Crippen molar-refractivity contribution >= 4 is 11.6 Å². The molecule has 0 heterocycles. The fraction of sp³-hybridized carbons (Fsp3) is 0.200. The van der Waals surface area contributed by atoms with Gasteiger partial charge >= 0.3 is 0 Å². The molecule has 1 atom stereocenters. The molecule has 1 nitrogen and oxygen atoms in total. The third-order valence-electron chi connectivity index (χ3n) is 2.97. The van der Waals surface area contributed by atoms with Crippen LogP contribution in [0.15, 0.2) is 48.5 Å². The second-order valence-electron chi connectivity index (χ2n) is 4.27. The van der Waals surface area contributed by atoms with E-state index < -0.39 is 5.82 Å². The third kappa shape index (κ3) is 3.09. The Morgan fingerprint density at radius 3 is 2.50 bits per heavy atom. The first kappa shape index (κ1) is 13.1. The number of nitrogens with two attached hydrogens (primary N) is 1. The molecule has 0 aliphatic carbocycles. The van der Waals surface area contributed by atoms with Gasteiger partial charge in [-0.05, 0) is 30.0 Å². The van der Waals surface area contributed by atoms with Crippen molar-refractivity contribution in [2.75, 3.05) is 0 Å². The van der Waals surface area contributed by atoms with Gasteiger partial charge in [-0.15, -0.1) is 0 Å². The van der Waals surface area contributed by atoms with Crippen LogP contribution in [-0.2, 0) is 6.42 Å². The fourth-order valence-corrected chi connectivity index (χ4v) is 2.20. The largest absolute Gasteiger partial charge is 0.324 e. The van der Waals surface area contributed by atoms with E-state index >= 15 is 0 Å². The van der Waals surface area contributed by atoms with Crippen LogP contribution in [0.25, 0.3) is 0 Å². The number of hydrogen-bond acceptors (Lipinski definition) is 1. The van der Waals surface area contributed by atoms with Crippen molar-refractivity contribution < 1.29 is 4.39 Å². The molecule has 0 radical (unpaired) electrons. The summed E-state index contributed by atoms with van der Waals surface area (Å²) in [5.74, 6) is -0.413. The van der Waals surface area contributed by atoms with Gasteiger partial charge in [0.05, 0.1) is 5.02 Å². The van der Waals surface area contributed by atoms with E-state index in [1.807, 2.05) is 18.2 Å². The predicted molar refractivity (Wildman–Crippen MR) is 73.1 cm³/mol. The molecule has 2 aromatic rings. The van der Waals surface area contributed by atoms with Crippen LogP contribution in [0.3, 0.4) is 0 Å². The Morgan fingerprint density at radius 2 is 1.78 bits per heavy atom. The van der Waals surface area contributed by atoms with E-state index in [1.165, 1.54) is 11.6 Å². The first-order chi connectivity index (χ1) is 8.68. The van der Waals surface area contributed by atoms with E-state index in [0.29, 0.717) is 5.56 Å². The highest BCUT2D eigenvalue weighted by Gasteiger charge is 2.12. The Bertz CT molecular complexity index is 513. The van der Waals surface area contributed by atoms with Crippen molar-refractivity contribution in [1.82, 2.24) is 0 Å². The maximum absolute atomic E-state index is 13.3. The van der Waals surface area contributed by atoms with Crippen molar-refractivity contribution in [3.05, 3.63) is 70.5 Å². The molecule has 0 spiro atoms. The van der Waals surface area contributed by atoms with Crippen LogP contribution >= 0.6 is 11.6 Å². The molecule has 0 aliphatic rings. The zero-order chi connectivity index (χ0) is 13.0. The smallest absolute Gasteiger partial charge is 0.142 e. The van der Waals surface area contributed by atoms with E-state index in [1.54, 1.807) is 12.1 Å². The van der Waals surface area contributed by atoms with Gasteiger partial charge in [0.2, 0.25) is 0 Å². The van der Waals surface area contributed by atoms with Crippen LogP contribution < -0.4 is 5.73 Å². The summed E-state index contributed by atoms with van der Waals surface area (Å²) in [5.41, 5.74) is 7.96. The maximum Gasteiger partial charge on any atom is 0.142 e. The monoisotopic (exact) mass is 263 g/mol. The van der Waals surface area contributed by atoms with E-state index in [4.69, 9.17) is 17.3 Å². The highest BCUT2D eigenvalue weighted by atomic mass is 35.5. The molecule has 3 heteroatoms. The lowest BCUT2D eigenvalue weighted by Gasteiger charge is -2.14. The minimum atomic E-state index is -0.413. The first-order valence-corrected chi connectivity index (χ1v) is 6.29. The van der Waals surface area contributed by atoms with Gasteiger partial charge in [0.25, 0.3) is 0 Å². The van der Waals surface area contributed by atoms with E-state index in [-0.39, 0.29) is 11.1 Å². The zero-order valence-corrected chi connectivity index (χ0v) is 10.7. The number of hydrogen-bond donors (Lipinski definition) is 1. The standard InChI is InChI=1S/C15H15ClFN/c16-15-12(7-4-8-13(15)17)14(18)10-9-11-5-2-1-3-6-11/h1-8,14H,9-10,18H2/t14-/m1/s1. The van der Waals surface area contributed by atoms with Crippen molar-refractivity contribution in [2.24, 2.45) is 5.73 Å². The number of aryl methyl sites for hydroxylation is 1. The lowest BCUT2D eigenvalue weighted by atomic mass is 9.99. The predicted octanol–water partition coefficient (Wildman–Crippen LogP) is 4.11. The highest BCUT2D eigenvalue weighted by Crippen LogP contribution is 2.26. The first-order valence-electron chi connectivity index (χ1n) is 5.92. The number of benzene rings is 2. The number of halogens is 2. The minimum absolute atomic E-state index is 0.137. The van der Waals surface area contributed by atoms with Gasteiger partial charge in [0, 0.05) is 6.04 Å². The van der Waals surface area contributed by atoms with Gasteiger partial charge in [-0.1, -0.05) is 54.1 Å². The minimum Gasteiger partial charge on any atom is -0.324 e. The average molecular weight is 264 g/mol. The molecule has 0 saturated carbocycles. The van der Waals surface area contributed by atoms with Gasteiger partial charge in [-0.2, -0.15) is 0 Å². The summed E-state index contributed by atoms with van der Waals surface area (Å²) in [6.45, 7) is 0. The molecule has 2 rings (SSSR count). The summed E-state index contributed by atoms with van der Waals surface area (Å²) in [4.78, 5) is 0. The van der Waals surface area contributed by atoms with Gasteiger partial charge in [-0.3, -0.25) is 0 Å². The molecule has 2 N–H and O–H groups in total. The van der Waals surface area contributed by atoms with E-state index in [9.17, 15) is 4.39 Å². The third-order valence-corrected chi connectivity index (χ3v) is 3.37. The molecule has 0 saturated heterocycles. The second kappa shape index (κ2) is 5.98. The lowest BCUT2D eigenvalue weighted by Crippen LogP contribution is -2.12. The van der Waals surface area contributed by atoms with Crippen molar-refractivity contribution in [2.45, 2.75) is 18.9 Å². The van der Waals surface area contributed by atoms with Crippen molar-refractivity contribution in [3.63, 3.8) is 0 Å². The van der Waals surface area contributed by atoms with E-state index in [0.717, 1.165) is 12.8 Å². The Kier molecular flexibility index (Phi) is 4.34. The zero-order valence-electron chi connectivity index (χ0n) is 9.94. The molecule has 2 aromatic carbocycles. The average Bonchev–Trinajstić information content (AvgIpc) is 2.40. The summed E-state index contributed by atoms with van der Waals surface area (Å²) in [5, 5.41) is 0.137. The van der Waals surface area contributed by atoms with Gasteiger partial charge < -0.3 is 5.73 Å². The van der Waals surface area contributed by atoms with Crippen LogP contribution in [-0.4, -0.2) is 0 Å². The van der Waals surface area contributed by atoms with Crippen LogP contribution in [0.1, 0.15) is 23.6 Å². The number of rotatable bonds is 4. The second-order valence-corrected chi connectivity index (χ2v) is 4.65. The molecular formula is C15H15ClFN. The SMILES string of the molecule is N[C@H](CCc1ccccc1)c1cccc(F)c1Cl. The van der Waals surface area contributed by atoms with Crippen molar-refractivity contribution in [1.29, 1.82) is 0 Å². The highest BCUT2D eigenvalue weighted by molar-refractivity contribution is 6.31. The molecule has 0 bridgehead atoms. The summed E-state index contributed by atoms with van der Waals surface area (Å²) in [6.07, 6.45) is 1.60. The summed E-state index contributed by atoms with van der Waals surface area (Å²) in [6, 6.07) is 14.6. The van der Waals surface area contributed by atoms with Gasteiger partial charge in [-0.25, -0.2) is 4.39 Å².